The van der Waals surface area contributed by atoms with Crippen molar-refractivity contribution in [2.45, 2.75) is 136 Å². The summed E-state index contributed by atoms with van der Waals surface area (Å²) >= 11 is 0. The molecule has 9 heteroatoms. The molecule has 0 atom stereocenters. The molecule has 0 aliphatic heterocycles. The molecule has 0 N–H and O–H groups in total. The smallest absolute Gasteiger partial charge is 0.264 e. The van der Waals surface area contributed by atoms with Gasteiger partial charge >= 0.3 is 0 Å². The summed E-state index contributed by atoms with van der Waals surface area (Å²) in [6.07, 6.45) is 22.3. The number of hydrogen-bond donors (Lipinski definition) is 0. The van der Waals surface area contributed by atoms with Crippen LogP contribution in [0.3, 0.4) is 0 Å². The molecule has 0 aliphatic rings. The average Bonchev–Trinajstić information content (AvgIpc) is 3.84. The van der Waals surface area contributed by atoms with Crippen LogP contribution >= 0.6 is 0 Å². The van der Waals surface area contributed by atoms with Gasteiger partial charge in [-0.2, -0.15) is 0 Å². The summed E-state index contributed by atoms with van der Waals surface area (Å²) in [4.78, 5) is 67.0. The van der Waals surface area contributed by atoms with E-state index in [0.717, 1.165) is 49.5 Å². The van der Waals surface area contributed by atoms with Crippen LogP contribution in [0.5, 0.6) is 0 Å². The molecule has 0 saturated heterocycles. The second-order valence-corrected chi connectivity index (χ2v) is 17.1. The Balaban J connectivity index is 1.09. The van der Waals surface area contributed by atoms with Gasteiger partial charge in [-0.15, -0.1) is 0 Å². The molecule has 9 nitrogen and oxygen atoms in total. The lowest BCUT2D eigenvalue weighted by Crippen LogP contribution is -2.33. The molecule has 0 unspecified atom stereocenters. The second kappa shape index (κ2) is 18.4. The van der Waals surface area contributed by atoms with E-state index in [1.54, 1.807) is 27.0 Å². The Morgan fingerprint density at radius 1 is 0.500 bits per heavy atom. The number of imidazole rings is 2. The third-order valence-corrected chi connectivity index (χ3v) is 12.8. The fraction of sp³-hybridized carbons (Fsp3) is 0.451. The molecule has 8 rings (SSSR count). The van der Waals surface area contributed by atoms with E-state index in [0.29, 0.717) is 66.0 Å². The highest BCUT2D eigenvalue weighted by molar-refractivity contribution is 6.28. The normalized spacial score (nSPS) is 12.2. The molecule has 0 aliphatic carbocycles. The fourth-order valence-electron chi connectivity index (χ4n) is 9.47. The Morgan fingerprint density at radius 3 is 1.32 bits per heavy atom. The molecule has 0 fully saturated rings. The Hall–Kier alpha value is -5.44. The number of hydrogen-bond acceptors (Lipinski definition) is 6. The zero-order valence-electron chi connectivity index (χ0n) is 35.8. The van der Waals surface area contributed by atoms with Crippen molar-refractivity contribution in [2.75, 3.05) is 13.1 Å². The van der Waals surface area contributed by atoms with Gasteiger partial charge < -0.3 is 4.90 Å². The molecular weight excluding hydrogens is 747 g/mol. The van der Waals surface area contributed by atoms with Gasteiger partial charge in [-0.3, -0.25) is 28.0 Å². The number of benzene rings is 4. The monoisotopic (exact) mass is 805 g/mol. The van der Waals surface area contributed by atoms with Gasteiger partial charge in [0.05, 0.1) is 22.1 Å². The predicted octanol–water partition coefficient (Wildman–Crippen LogP) is 12.1. The molecule has 0 radical (unpaired) electrons. The van der Waals surface area contributed by atoms with E-state index in [4.69, 9.17) is 9.97 Å². The molecule has 312 valence electrons. The van der Waals surface area contributed by atoms with E-state index in [1.165, 1.54) is 96.8 Å². The van der Waals surface area contributed by atoms with Gasteiger partial charge in [0.25, 0.3) is 17.0 Å². The number of aromatic nitrogens is 4. The third kappa shape index (κ3) is 7.95. The summed E-state index contributed by atoms with van der Waals surface area (Å²) in [7, 11) is 0. The van der Waals surface area contributed by atoms with Crippen molar-refractivity contribution in [3.05, 3.63) is 92.5 Å². The van der Waals surface area contributed by atoms with Crippen molar-refractivity contribution in [3.8, 4) is 0 Å². The highest BCUT2D eigenvalue weighted by Crippen LogP contribution is 2.37. The van der Waals surface area contributed by atoms with Gasteiger partial charge in [0, 0.05) is 56.5 Å². The number of carbonyl (C=O) groups is 2. The van der Waals surface area contributed by atoms with Gasteiger partial charge in [-0.1, -0.05) is 117 Å². The number of ketones is 1. The average molecular weight is 806 g/mol. The Labute approximate surface area is 351 Å². The summed E-state index contributed by atoms with van der Waals surface area (Å²) in [6, 6.07) is 18.2. The predicted molar refractivity (Wildman–Crippen MR) is 247 cm³/mol. The molecule has 60 heavy (non-hydrogen) atoms. The van der Waals surface area contributed by atoms with Crippen molar-refractivity contribution in [1.82, 2.24) is 23.7 Å². The van der Waals surface area contributed by atoms with E-state index in [9.17, 15) is 19.2 Å². The molecule has 8 aromatic rings. The summed E-state index contributed by atoms with van der Waals surface area (Å²) in [5, 5.41) is 3.83. The number of pyridine rings is 2. The number of carbonyl (C=O) groups excluding carboxylic acids is 2. The first-order chi connectivity index (χ1) is 29.3. The number of Topliss-reactive ketones (excluding diaryl/α,β-unsaturated/α-hetero) is 1. The molecule has 4 heterocycles. The number of rotatable bonds is 22. The van der Waals surface area contributed by atoms with Crippen molar-refractivity contribution in [3.63, 3.8) is 0 Å². The van der Waals surface area contributed by atoms with Gasteiger partial charge in [-0.25, -0.2) is 9.97 Å². The molecule has 0 spiro atoms. The maximum absolute atomic E-state index is 14.4. The number of amides is 1. The van der Waals surface area contributed by atoms with Crippen LogP contribution in [0.4, 0.5) is 0 Å². The van der Waals surface area contributed by atoms with Crippen molar-refractivity contribution in [1.29, 1.82) is 0 Å². The van der Waals surface area contributed by atoms with E-state index in [2.05, 4.69) is 13.8 Å². The first kappa shape index (κ1) is 41.3. The first-order valence-corrected chi connectivity index (χ1v) is 22.9. The van der Waals surface area contributed by atoms with Gasteiger partial charge in [0.2, 0.25) is 0 Å². The van der Waals surface area contributed by atoms with Crippen LogP contribution in [-0.2, 0) is 0 Å². The van der Waals surface area contributed by atoms with Gasteiger partial charge in [0.15, 0.2) is 5.78 Å². The Kier molecular flexibility index (Phi) is 12.7. The molecule has 0 bridgehead atoms. The first-order valence-electron chi connectivity index (χ1n) is 22.9. The van der Waals surface area contributed by atoms with Crippen molar-refractivity contribution >= 4 is 77.4 Å². The lowest BCUT2D eigenvalue weighted by molar-refractivity contribution is 0.0749. The topological polar surface area (TPSA) is 106 Å². The van der Waals surface area contributed by atoms with Crippen LogP contribution in [0.1, 0.15) is 157 Å². The lowest BCUT2D eigenvalue weighted by Gasteiger charge is -2.23. The van der Waals surface area contributed by atoms with E-state index in [1.807, 2.05) is 47.4 Å². The lowest BCUT2D eigenvalue weighted by atomic mass is 9.96. The van der Waals surface area contributed by atoms with E-state index < -0.39 is 0 Å². The minimum atomic E-state index is -0.233. The van der Waals surface area contributed by atoms with Gasteiger partial charge in [-0.05, 0) is 80.4 Å². The summed E-state index contributed by atoms with van der Waals surface area (Å²) in [6.45, 7) is 7.51. The maximum Gasteiger partial charge on any atom is 0.264 e. The Morgan fingerprint density at radius 2 is 0.883 bits per heavy atom. The SMILES string of the molecule is CCCCCCCCCCCN(CCCCCCCCCCC)C(=O)c1ccc2c(c1)nc1c3ccc4c(=O)n5c6ccc(C(C)=O)cc6nc5c5ccc(c(=O)n21)c3c45. The Bertz CT molecular complexity index is 2910. The van der Waals surface area contributed by atoms with Gasteiger partial charge in [0.1, 0.15) is 11.3 Å². The summed E-state index contributed by atoms with van der Waals surface area (Å²) in [5.74, 6) is -0.0543. The highest BCUT2D eigenvalue weighted by atomic mass is 16.2. The quantitative estimate of drug-likeness (QED) is 0.0384. The van der Waals surface area contributed by atoms with Crippen LogP contribution in [0.2, 0.25) is 0 Å². The number of unbranched alkanes of at least 4 members (excludes halogenated alkanes) is 16. The van der Waals surface area contributed by atoms with Crippen LogP contribution in [0.15, 0.2) is 70.3 Å². The second-order valence-electron chi connectivity index (χ2n) is 17.1. The zero-order chi connectivity index (χ0) is 41.8. The van der Waals surface area contributed by atoms with Crippen molar-refractivity contribution < 1.29 is 9.59 Å². The number of nitrogens with zero attached hydrogens (tertiary/aromatic N) is 5. The molecule has 1 amide bonds. The van der Waals surface area contributed by atoms with Crippen LogP contribution in [-0.4, -0.2) is 48.4 Å². The molecular formula is C51H59N5O4. The van der Waals surface area contributed by atoms with Crippen LogP contribution in [0, 0.1) is 0 Å². The molecule has 4 aromatic heterocycles. The maximum atomic E-state index is 14.4. The highest BCUT2D eigenvalue weighted by Gasteiger charge is 2.24. The minimum absolute atomic E-state index is 0.0203. The van der Waals surface area contributed by atoms with Crippen LogP contribution < -0.4 is 11.1 Å². The minimum Gasteiger partial charge on any atom is -0.339 e. The van der Waals surface area contributed by atoms with Crippen LogP contribution in [0.25, 0.3) is 65.7 Å². The molecule has 0 saturated carbocycles. The molecule has 4 aromatic carbocycles. The fourth-order valence-corrected chi connectivity index (χ4v) is 9.47. The number of fused-ring (bicyclic) bond motifs is 8. The van der Waals surface area contributed by atoms with E-state index in [-0.39, 0.29) is 22.8 Å². The third-order valence-electron chi connectivity index (χ3n) is 12.8. The largest absolute Gasteiger partial charge is 0.339 e. The standard InChI is InChI=1S/C51H59N5O4/c1-4-6-8-10-12-14-16-18-20-30-54(31-21-19-17-15-13-11-9-7-5-2)49(58)36-23-29-44-42(33-36)53-48-38-25-27-39-45-37(24-26-40(46(38)45)51(60)56(44)48)47-52-41-32-35(34(3)57)22-28-43(41)55(47)50(39)59/h22-29,32-33H,4-21,30-31H2,1-3H3. The van der Waals surface area contributed by atoms with Crippen molar-refractivity contribution in [2.24, 2.45) is 0 Å². The van der Waals surface area contributed by atoms with E-state index >= 15 is 0 Å². The summed E-state index contributed by atoms with van der Waals surface area (Å²) in [5.41, 5.74) is 4.06. The summed E-state index contributed by atoms with van der Waals surface area (Å²) < 4.78 is 3.25. The zero-order valence-corrected chi connectivity index (χ0v) is 35.8.